The lowest BCUT2D eigenvalue weighted by Crippen LogP contribution is -2.34. The molecule has 1 heterocycles. The minimum atomic E-state index is 0.115. The van der Waals surface area contributed by atoms with Crippen LogP contribution in [0.15, 0.2) is 12.1 Å². The molecule has 0 aromatic heterocycles. The van der Waals surface area contributed by atoms with Crippen LogP contribution in [-0.2, 0) is 0 Å². The fourth-order valence-corrected chi connectivity index (χ4v) is 3.07. The number of aryl methyl sites for hydroxylation is 1. The summed E-state index contributed by atoms with van der Waals surface area (Å²) in [6.07, 6.45) is 2.22. The number of Topliss-reactive ketones (excluding diaryl/α,β-unsaturated/α-hetero) is 1. The molecule has 1 aromatic carbocycles. The molecule has 1 N–H and O–H groups in total. The third-order valence-electron chi connectivity index (χ3n) is 4.27. The van der Waals surface area contributed by atoms with Gasteiger partial charge < -0.3 is 10.1 Å². The molecule has 0 bridgehead atoms. The zero-order chi connectivity index (χ0) is 16.3. The maximum atomic E-state index is 12.8. The molecule has 22 heavy (non-hydrogen) atoms. The van der Waals surface area contributed by atoms with E-state index in [4.69, 9.17) is 4.74 Å². The SMILES string of the molecule is Cc1cc(OC(C)C)c(C(C)C)cc1C(=O)C1CCCNC1. The molecule has 2 rings (SSSR count). The van der Waals surface area contributed by atoms with Crippen LogP contribution >= 0.6 is 0 Å². The predicted octanol–water partition coefficient (Wildman–Crippen LogP) is 4.09. The molecule has 1 saturated heterocycles. The van der Waals surface area contributed by atoms with Gasteiger partial charge in [-0.25, -0.2) is 0 Å². The highest BCUT2D eigenvalue weighted by Gasteiger charge is 2.25. The molecule has 0 spiro atoms. The standard InChI is InChI=1S/C19H29NO2/c1-12(2)16-10-17(14(5)9-18(16)22-13(3)4)19(21)15-7-6-8-20-11-15/h9-10,12-13,15,20H,6-8,11H2,1-5H3. The number of ether oxygens (including phenoxy) is 1. The van der Waals surface area contributed by atoms with Gasteiger partial charge in [0.15, 0.2) is 5.78 Å². The third-order valence-corrected chi connectivity index (χ3v) is 4.27. The van der Waals surface area contributed by atoms with E-state index < -0.39 is 0 Å². The van der Waals surface area contributed by atoms with Crippen molar-refractivity contribution < 1.29 is 9.53 Å². The number of carbonyl (C=O) groups is 1. The predicted molar refractivity (Wildman–Crippen MR) is 91.0 cm³/mol. The molecule has 0 radical (unpaired) electrons. The average Bonchev–Trinajstić information content (AvgIpc) is 2.46. The summed E-state index contributed by atoms with van der Waals surface area (Å²) in [5, 5.41) is 3.33. The van der Waals surface area contributed by atoms with E-state index in [-0.39, 0.29) is 17.8 Å². The van der Waals surface area contributed by atoms with Gasteiger partial charge in [-0.3, -0.25) is 4.79 Å². The van der Waals surface area contributed by atoms with Crippen LogP contribution in [0.5, 0.6) is 5.75 Å². The topological polar surface area (TPSA) is 38.3 Å². The molecule has 122 valence electrons. The van der Waals surface area contributed by atoms with Crippen molar-refractivity contribution in [1.29, 1.82) is 0 Å². The molecule has 0 aliphatic carbocycles. The molecular weight excluding hydrogens is 274 g/mol. The molecule has 0 amide bonds. The normalized spacial score (nSPS) is 18.8. The van der Waals surface area contributed by atoms with E-state index in [1.54, 1.807) is 0 Å². The Morgan fingerprint density at radius 3 is 2.55 bits per heavy atom. The Bertz CT molecular complexity index is 528. The van der Waals surface area contributed by atoms with Crippen molar-refractivity contribution in [3.05, 3.63) is 28.8 Å². The Morgan fingerprint density at radius 1 is 1.27 bits per heavy atom. The summed E-state index contributed by atoms with van der Waals surface area (Å²) in [6.45, 7) is 12.2. The first-order valence-electron chi connectivity index (χ1n) is 8.46. The summed E-state index contributed by atoms with van der Waals surface area (Å²) in [6, 6.07) is 4.10. The van der Waals surface area contributed by atoms with E-state index in [0.717, 1.165) is 48.4 Å². The number of hydrogen-bond donors (Lipinski definition) is 1. The van der Waals surface area contributed by atoms with Crippen LogP contribution in [-0.4, -0.2) is 25.0 Å². The average molecular weight is 303 g/mol. The van der Waals surface area contributed by atoms with Crippen LogP contribution in [0.2, 0.25) is 0 Å². The van der Waals surface area contributed by atoms with Crippen molar-refractivity contribution in [1.82, 2.24) is 5.32 Å². The van der Waals surface area contributed by atoms with E-state index in [9.17, 15) is 4.79 Å². The highest BCUT2D eigenvalue weighted by molar-refractivity contribution is 5.99. The van der Waals surface area contributed by atoms with E-state index in [1.807, 2.05) is 26.8 Å². The number of rotatable bonds is 5. The number of hydrogen-bond acceptors (Lipinski definition) is 3. The van der Waals surface area contributed by atoms with Crippen LogP contribution in [0.25, 0.3) is 0 Å². The van der Waals surface area contributed by atoms with Crippen molar-refractivity contribution in [2.75, 3.05) is 13.1 Å². The number of nitrogens with one attached hydrogen (secondary N) is 1. The lowest BCUT2D eigenvalue weighted by atomic mass is 9.87. The van der Waals surface area contributed by atoms with Gasteiger partial charge in [0, 0.05) is 18.0 Å². The highest BCUT2D eigenvalue weighted by atomic mass is 16.5. The second-order valence-electron chi connectivity index (χ2n) is 6.93. The molecule has 1 unspecified atom stereocenters. The van der Waals surface area contributed by atoms with E-state index in [0.29, 0.717) is 5.92 Å². The molecule has 3 nitrogen and oxygen atoms in total. The Hall–Kier alpha value is -1.35. The van der Waals surface area contributed by atoms with Crippen LogP contribution < -0.4 is 10.1 Å². The first-order valence-corrected chi connectivity index (χ1v) is 8.46. The monoisotopic (exact) mass is 303 g/mol. The van der Waals surface area contributed by atoms with Crippen LogP contribution in [0, 0.1) is 12.8 Å². The lowest BCUT2D eigenvalue weighted by Gasteiger charge is -2.24. The molecule has 1 aliphatic rings. The summed E-state index contributed by atoms with van der Waals surface area (Å²) in [5.74, 6) is 1.65. The number of benzene rings is 1. The number of piperidine rings is 1. The molecule has 1 aliphatic heterocycles. The third kappa shape index (κ3) is 3.89. The van der Waals surface area contributed by atoms with Gasteiger partial charge in [-0.2, -0.15) is 0 Å². The van der Waals surface area contributed by atoms with Gasteiger partial charge in [-0.1, -0.05) is 13.8 Å². The molecular formula is C19H29NO2. The highest BCUT2D eigenvalue weighted by Crippen LogP contribution is 2.32. The summed E-state index contributed by atoms with van der Waals surface area (Å²) in [4.78, 5) is 12.8. The second kappa shape index (κ2) is 7.28. The zero-order valence-electron chi connectivity index (χ0n) is 14.5. The minimum Gasteiger partial charge on any atom is -0.491 e. The van der Waals surface area contributed by atoms with E-state index in [1.165, 1.54) is 0 Å². The van der Waals surface area contributed by atoms with Crippen LogP contribution in [0.1, 0.15) is 67.9 Å². The number of carbonyl (C=O) groups excluding carboxylic acids is 1. The van der Waals surface area contributed by atoms with Gasteiger partial charge in [0.1, 0.15) is 5.75 Å². The molecule has 0 saturated carbocycles. The van der Waals surface area contributed by atoms with Crippen molar-refractivity contribution in [2.45, 2.75) is 59.5 Å². The van der Waals surface area contributed by atoms with Gasteiger partial charge in [-0.15, -0.1) is 0 Å². The Kier molecular flexibility index (Phi) is 5.63. The van der Waals surface area contributed by atoms with Gasteiger partial charge in [0.2, 0.25) is 0 Å². The zero-order valence-corrected chi connectivity index (χ0v) is 14.5. The smallest absolute Gasteiger partial charge is 0.167 e. The van der Waals surface area contributed by atoms with Crippen LogP contribution in [0.3, 0.4) is 0 Å². The molecule has 1 aromatic rings. The lowest BCUT2D eigenvalue weighted by molar-refractivity contribution is 0.0899. The maximum absolute atomic E-state index is 12.8. The summed E-state index contributed by atoms with van der Waals surface area (Å²) in [5.41, 5.74) is 3.02. The van der Waals surface area contributed by atoms with Crippen LogP contribution in [0.4, 0.5) is 0 Å². The quantitative estimate of drug-likeness (QED) is 0.833. The minimum absolute atomic E-state index is 0.115. The molecule has 3 heteroatoms. The summed E-state index contributed by atoms with van der Waals surface area (Å²) >= 11 is 0. The summed E-state index contributed by atoms with van der Waals surface area (Å²) < 4.78 is 5.94. The van der Waals surface area contributed by atoms with Gasteiger partial charge in [-0.05, 0) is 69.3 Å². The van der Waals surface area contributed by atoms with Crippen molar-refractivity contribution in [2.24, 2.45) is 5.92 Å². The fourth-order valence-electron chi connectivity index (χ4n) is 3.07. The number of ketones is 1. The molecule has 1 atom stereocenters. The Balaban J connectivity index is 2.35. The Morgan fingerprint density at radius 2 is 2.00 bits per heavy atom. The first-order chi connectivity index (χ1) is 10.4. The van der Waals surface area contributed by atoms with Gasteiger partial charge in [0.25, 0.3) is 0 Å². The first kappa shape index (κ1) is 17.0. The van der Waals surface area contributed by atoms with Crippen molar-refractivity contribution in [3.63, 3.8) is 0 Å². The fraction of sp³-hybridized carbons (Fsp3) is 0.632. The van der Waals surface area contributed by atoms with Gasteiger partial charge >= 0.3 is 0 Å². The summed E-state index contributed by atoms with van der Waals surface area (Å²) in [7, 11) is 0. The van der Waals surface area contributed by atoms with Gasteiger partial charge in [0.05, 0.1) is 6.10 Å². The maximum Gasteiger partial charge on any atom is 0.167 e. The van der Waals surface area contributed by atoms with E-state index >= 15 is 0 Å². The van der Waals surface area contributed by atoms with E-state index in [2.05, 4.69) is 25.2 Å². The molecule has 1 fully saturated rings. The second-order valence-corrected chi connectivity index (χ2v) is 6.93. The van der Waals surface area contributed by atoms with Crippen molar-refractivity contribution >= 4 is 5.78 Å². The Labute approximate surface area is 134 Å². The largest absolute Gasteiger partial charge is 0.491 e. The van der Waals surface area contributed by atoms with Crippen molar-refractivity contribution in [3.8, 4) is 5.75 Å².